The molecule has 3 rings (SSSR count). The summed E-state index contributed by atoms with van der Waals surface area (Å²) in [7, 11) is -2.53. The van der Waals surface area contributed by atoms with Crippen LogP contribution in [-0.2, 0) is 16.4 Å². The van der Waals surface area contributed by atoms with Gasteiger partial charge >= 0.3 is 6.09 Å². The molecule has 1 heterocycles. The van der Waals surface area contributed by atoms with Gasteiger partial charge in [0.05, 0.1) is 24.2 Å². The average Bonchev–Trinajstić information content (AvgIpc) is 3.23. The number of hydrogen-bond donors (Lipinski definition) is 4. The van der Waals surface area contributed by atoms with Crippen molar-refractivity contribution in [3.63, 3.8) is 0 Å². The zero-order valence-corrected chi connectivity index (χ0v) is 23.0. The van der Waals surface area contributed by atoms with E-state index in [0.29, 0.717) is 22.9 Å². The number of ether oxygens (including phenoxy) is 1. The minimum absolute atomic E-state index is 0.0111. The molecule has 0 aliphatic carbocycles. The predicted molar refractivity (Wildman–Crippen MR) is 144 cm³/mol. The smallest absolute Gasteiger partial charge is 0.404 e. The molecular formula is C26H36N4O7S. The monoisotopic (exact) mass is 548 g/mol. The molecule has 0 saturated carbocycles. The van der Waals surface area contributed by atoms with Gasteiger partial charge in [0.15, 0.2) is 5.58 Å². The zero-order valence-electron chi connectivity index (χ0n) is 22.2. The molecule has 11 nitrogen and oxygen atoms in total. The highest BCUT2D eigenvalue weighted by molar-refractivity contribution is 7.89. The number of methoxy groups -OCH3 is 1. The number of fused-ring (bicyclic) bond motifs is 1. The number of rotatable bonds is 13. The van der Waals surface area contributed by atoms with Gasteiger partial charge in [-0.15, -0.1) is 0 Å². The van der Waals surface area contributed by atoms with Crippen molar-refractivity contribution < 1.29 is 32.6 Å². The number of sulfonamides is 1. The lowest BCUT2D eigenvalue weighted by molar-refractivity contribution is 0.0980. The molecule has 0 spiro atoms. The standard InChI is InChI=1S/C26H36N4O7S/c1-16(2)14-30(15-23(31)22(29-26(32)33)12-18-6-8-19(36-5)9-7-18)38(34,35)20-10-11-21-24(13-20)37-25(28-21)27-17(3)4/h6-11,13,16-17,22-23,29,31H,12,14-15H2,1-5H3,(H,27,28)(H,32,33)/t22?,23-/m1/s1. The molecular weight excluding hydrogens is 512 g/mol. The van der Waals surface area contributed by atoms with Crippen molar-refractivity contribution in [1.29, 1.82) is 0 Å². The van der Waals surface area contributed by atoms with Crippen LogP contribution in [-0.4, -0.2) is 72.4 Å². The lowest BCUT2D eigenvalue weighted by atomic mass is 10.0. The number of carbonyl (C=O) groups is 1. The third kappa shape index (κ3) is 7.59. The molecule has 0 radical (unpaired) electrons. The van der Waals surface area contributed by atoms with Gasteiger partial charge in [-0.25, -0.2) is 13.2 Å². The summed E-state index contributed by atoms with van der Waals surface area (Å²) in [6.45, 7) is 7.40. The largest absolute Gasteiger partial charge is 0.497 e. The normalized spacial score (nSPS) is 13.7. The number of aromatic nitrogens is 1. The van der Waals surface area contributed by atoms with Crippen LogP contribution in [0.2, 0.25) is 0 Å². The molecule has 0 aliphatic heterocycles. The fraction of sp³-hybridized carbons (Fsp3) is 0.462. The van der Waals surface area contributed by atoms with Crippen molar-refractivity contribution in [2.24, 2.45) is 5.92 Å². The van der Waals surface area contributed by atoms with E-state index in [1.54, 1.807) is 37.4 Å². The zero-order chi connectivity index (χ0) is 28.0. The summed E-state index contributed by atoms with van der Waals surface area (Å²) in [5.41, 5.74) is 1.57. The number of carboxylic acid groups (broad SMARTS) is 1. The number of amides is 1. The van der Waals surface area contributed by atoms with E-state index in [-0.39, 0.29) is 36.4 Å². The molecule has 0 fully saturated rings. The van der Waals surface area contributed by atoms with Crippen molar-refractivity contribution in [2.45, 2.75) is 57.2 Å². The highest BCUT2D eigenvalue weighted by atomic mass is 32.2. The molecule has 1 unspecified atom stereocenters. The fourth-order valence-electron chi connectivity index (χ4n) is 3.99. The Bertz CT molecular complexity index is 1320. The van der Waals surface area contributed by atoms with Crippen molar-refractivity contribution >= 4 is 33.2 Å². The third-order valence-electron chi connectivity index (χ3n) is 5.76. The Morgan fingerprint density at radius 1 is 1.11 bits per heavy atom. The molecule has 12 heteroatoms. The summed E-state index contributed by atoms with van der Waals surface area (Å²) in [6.07, 6.45) is -2.48. The van der Waals surface area contributed by atoms with E-state index >= 15 is 0 Å². The molecule has 3 aromatic rings. The predicted octanol–water partition coefficient (Wildman–Crippen LogP) is 3.54. The maximum Gasteiger partial charge on any atom is 0.404 e. The lowest BCUT2D eigenvalue weighted by Gasteiger charge is -2.30. The van der Waals surface area contributed by atoms with Crippen molar-refractivity contribution in [3.05, 3.63) is 48.0 Å². The van der Waals surface area contributed by atoms with E-state index in [2.05, 4.69) is 15.6 Å². The van der Waals surface area contributed by atoms with Crippen LogP contribution in [0.5, 0.6) is 5.75 Å². The van der Waals surface area contributed by atoms with Gasteiger partial charge in [0.2, 0.25) is 10.0 Å². The van der Waals surface area contributed by atoms with Crippen LogP contribution < -0.4 is 15.4 Å². The number of benzene rings is 2. The van der Waals surface area contributed by atoms with Crippen molar-refractivity contribution in [1.82, 2.24) is 14.6 Å². The molecule has 2 atom stereocenters. The Labute approximate surface area is 222 Å². The molecule has 0 saturated heterocycles. The SMILES string of the molecule is COc1ccc(CC(NC(=O)O)[C@H](O)CN(CC(C)C)S(=O)(=O)c2ccc3nc(NC(C)C)oc3c2)cc1. The number of hydrogen-bond acceptors (Lipinski definition) is 8. The second-order valence-corrected chi connectivity index (χ2v) is 11.8. The van der Waals surface area contributed by atoms with Gasteiger partial charge < -0.3 is 30.0 Å². The van der Waals surface area contributed by atoms with Crippen LogP contribution in [0.3, 0.4) is 0 Å². The first kappa shape index (κ1) is 29.2. The average molecular weight is 549 g/mol. The Hall–Kier alpha value is -3.35. The van der Waals surface area contributed by atoms with E-state index in [9.17, 15) is 23.4 Å². The molecule has 2 aromatic carbocycles. The summed E-state index contributed by atoms with van der Waals surface area (Å²) in [5.74, 6) is 0.586. The summed E-state index contributed by atoms with van der Waals surface area (Å²) < 4.78 is 39.4. The summed E-state index contributed by atoms with van der Waals surface area (Å²) >= 11 is 0. The highest BCUT2D eigenvalue weighted by Crippen LogP contribution is 2.26. The van der Waals surface area contributed by atoms with Crippen molar-refractivity contribution in [3.8, 4) is 5.75 Å². The summed E-state index contributed by atoms with van der Waals surface area (Å²) in [6, 6.07) is 10.8. The van der Waals surface area contributed by atoms with Gasteiger partial charge in [0, 0.05) is 25.2 Å². The second kappa shape index (κ2) is 12.5. The molecule has 0 bridgehead atoms. The van der Waals surface area contributed by atoms with Gasteiger partial charge in [-0.3, -0.25) is 0 Å². The van der Waals surface area contributed by atoms with Gasteiger partial charge in [0.1, 0.15) is 11.3 Å². The number of anilines is 1. The number of nitrogens with zero attached hydrogens (tertiary/aromatic N) is 2. The minimum Gasteiger partial charge on any atom is -0.497 e. The van der Waals surface area contributed by atoms with E-state index in [0.717, 1.165) is 5.56 Å². The van der Waals surface area contributed by atoms with E-state index in [1.807, 2.05) is 27.7 Å². The Morgan fingerprint density at radius 2 is 1.79 bits per heavy atom. The first-order valence-electron chi connectivity index (χ1n) is 12.4. The Kier molecular flexibility index (Phi) is 9.58. The van der Waals surface area contributed by atoms with Crippen molar-refractivity contribution in [2.75, 3.05) is 25.5 Å². The molecule has 0 aliphatic rings. The molecule has 38 heavy (non-hydrogen) atoms. The first-order valence-corrected chi connectivity index (χ1v) is 13.8. The van der Waals surface area contributed by atoms with Crippen LogP contribution in [0, 0.1) is 5.92 Å². The topological polar surface area (TPSA) is 154 Å². The lowest BCUT2D eigenvalue weighted by Crippen LogP contribution is -2.50. The Balaban J connectivity index is 1.87. The van der Waals surface area contributed by atoms with Crippen LogP contribution in [0.4, 0.5) is 10.8 Å². The minimum atomic E-state index is -4.07. The first-order chi connectivity index (χ1) is 17.9. The van der Waals surface area contributed by atoms with E-state index < -0.39 is 28.3 Å². The highest BCUT2D eigenvalue weighted by Gasteiger charge is 2.32. The van der Waals surface area contributed by atoms with Gasteiger partial charge in [-0.2, -0.15) is 9.29 Å². The molecule has 4 N–H and O–H groups in total. The number of nitrogens with one attached hydrogen (secondary N) is 2. The Morgan fingerprint density at radius 3 is 2.37 bits per heavy atom. The van der Waals surface area contributed by atoms with E-state index in [1.165, 1.54) is 16.4 Å². The van der Waals surface area contributed by atoms with Crippen LogP contribution in [0.25, 0.3) is 11.1 Å². The van der Waals surface area contributed by atoms with Crippen LogP contribution >= 0.6 is 0 Å². The summed E-state index contributed by atoms with van der Waals surface area (Å²) in [4.78, 5) is 15.8. The van der Waals surface area contributed by atoms with Gasteiger partial charge in [0.25, 0.3) is 6.01 Å². The molecule has 1 amide bonds. The quantitative estimate of drug-likeness (QED) is 0.251. The van der Waals surface area contributed by atoms with E-state index in [4.69, 9.17) is 9.15 Å². The van der Waals surface area contributed by atoms with Gasteiger partial charge in [-0.05, 0) is 56.0 Å². The summed E-state index contributed by atoms with van der Waals surface area (Å²) in [5, 5.41) is 25.8. The maximum absolute atomic E-state index is 13.7. The van der Waals surface area contributed by atoms with Crippen LogP contribution in [0.1, 0.15) is 33.3 Å². The second-order valence-electron chi connectivity index (χ2n) is 9.84. The number of aliphatic hydroxyl groups is 1. The van der Waals surface area contributed by atoms with Gasteiger partial charge in [-0.1, -0.05) is 26.0 Å². The fourth-order valence-corrected chi connectivity index (χ4v) is 5.63. The number of aliphatic hydroxyl groups excluding tert-OH is 1. The molecule has 208 valence electrons. The third-order valence-corrected chi connectivity index (χ3v) is 7.58. The molecule has 1 aromatic heterocycles. The number of oxazole rings is 1. The van der Waals surface area contributed by atoms with Crippen LogP contribution in [0.15, 0.2) is 51.8 Å². The maximum atomic E-state index is 13.7.